The molecule has 0 bridgehead atoms. The molecule has 0 saturated heterocycles. The summed E-state index contributed by atoms with van der Waals surface area (Å²) in [4.78, 5) is 0. The molecule has 1 aromatic carbocycles. The lowest BCUT2D eigenvalue weighted by Crippen LogP contribution is -2.09. The summed E-state index contributed by atoms with van der Waals surface area (Å²) < 4.78 is 6.52. The van der Waals surface area contributed by atoms with Crippen LogP contribution in [0.5, 0.6) is 0 Å². The van der Waals surface area contributed by atoms with Crippen LogP contribution in [0.25, 0.3) is 11.0 Å². The van der Waals surface area contributed by atoms with Gasteiger partial charge in [-0.15, -0.1) is 0 Å². The Hall–Kier alpha value is -0.800. The first-order valence-corrected chi connectivity index (χ1v) is 5.41. The van der Waals surface area contributed by atoms with Crippen LogP contribution >= 0.6 is 15.9 Å². The van der Waals surface area contributed by atoms with E-state index in [-0.39, 0.29) is 0 Å². The van der Waals surface area contributed by atoms with Gasteiger partial charge in [-0.25, -0.2) is 0 Å². The highest BCUT2D eigenvalue weighted by atomic mass is 79.9. The Kier molecular flexibility index (Phi) is 2.89. The molecule has 1 N–H and O–H groups in total. The Balaban J connectivity index is 2.42. The average Bonchev–Trinajstić information content (AvgIpc) is 2.60. The number of furan rings is 1. The Morgan fingerprint density at radius 3 is 3.07 bits per heavy atom. The number of rotatable bonds is 3. The van der Waals surface area contributed by atoms with Crippen molar-refractivity contribution in [3.8, 4) is 0 Å². The van der Waals surface area contributed by atoms with Crippen molar-refractivity contribution in [2.45, 2.75) is 6.42 Å². The molecule has 0 fully saturated rings. The Bertz CT molecular complexity index is 436. The van der Waals surface area contributed by atoms with E-state index in [4.69, 9.17) is 4.42 Å². The van der Waals surface area contributed by atoms with Crippen molar-refractivity contribution in [2.24, 2.45) is 0 Å². The maximum atomic E-state index is 5.50. The van der Waals surface area contributed by atoms with Gasteiger partial charge in [0.2, 0.25) is 0 Å². The summed E-state index contributed by atoms with van der Waals surface area (Å²) in [6.45, 7) is 0.973. The lowest BCUT2D eigenvalue weighted by molar-refractivity contribution is 0.607. The van der Waals surface area contributed by atoms with Gasteiger partial charge < -0.3 is 9.73 Å². The molecule has 0 saturated carbocycles. The van der Waals surface area contributed by atoms with E-state index in [0.29, 0.717) is 0 Å². The molecule has 2 rings (SSSR count). The molecule has 0 spiro atoms. The summed E-state index contributed by atoms with van der Waals surface area (Å²) in [5.74, 6) is 0. The molecule has 1 heterocycles. The van der Waals surface area contributed by atoms with Gasteiger partial charge in [0.05, 0.1) is 10.7 Å². The average molecular weight is 254 g/mol. The van der Waals surface area contributed by atoms with Crippen molar-refractivity contribution in [3.63, 3.8) is 0 Å². The largest absolute Gasteiger partial charge is 0.463 e. The van der Waals surface area contributed by atoms with Crippen LogP contribution in [-0.4, -0.2) is 13.6 Å². The van der Waals surface area contributed by atoms with Crippen molar-refractivity contribution < 1.29 is 4.42 Å². The minimum atomic E-state index is 0.943. The summed E-state index contributed by atoms with van der Waals surface area (Å²) in [6, 6.07) is 6.12. The molecule has 0 aliphatic carbocycles. The van der Waals surface area contributed by atoms with Crippen LogP contribution < -0.4 is 5.32 Å². The maximum Gasteiger partial charge on any atom is 0.148 e. The van der Waals surface area contributed by atoms with E-state index in [2.05, 4.69) is 27.3 Å². The molecule has 0 atom stereocenters. The van der Waals surface area contributed by atoms with Crippen molar-refractivity contribution in [3.05, 3.63) is 34.5 Å². The summed E-state index contributed by atoms with van der Waals surface area (Å²) in [7, 11) is 1.96. The second-order valence-corrected chi connectivity index (χ2v) is 4.09. The van der Waals surface area contributed by atoms with Crippen LogP contribution in [0.2, 0.25) is 0 Å². The second-order valence-electron chi connectivity index (χ2n) is 3.23. The SMILES string of the molecule is CNCCc1coc2c(Br)cccc12. The third-order valence-electron chi connectivity index (χ3n) is 2.28. The van der Waals surface area contributed by atoms with E-state index < -0.39 is 0 Å². The first kappa shape index (κ1) is 9.74. The highest BCUT2D eigenvalue weighted by Gasteiger charge is 2.07. The van der Waals surface area contributed by atoms with Gasteiger partial charge in [0.15, 0.2) is 0 Å². The van der Waals surface area contributed by atoms with E-state index >= 15 is 0 Å². The summed E-state index contributed by atoms with van der Waals surface area (Å²) >= 11 is 3.47. The lowest BCUT2D eigenvalue weighted by atomic mass is 10.1. The van der Waals surface area contributed by atoms with Crippen LogP contribution in [-0.2, 0) is 6.42 Å². The van der Waals surface area contributed by atoms with Crippen LogP contribution in [0.4, 0.5) is 0 Å². The van der Waals surface area contributed by atoms with Gasteiger partial charge in [-0.1, -0.05) is 12.1 Å². The number of hydrogen-bond donors (Lipinski definition) is 1. The first-order valence-electron chi connectivity index (χ1n) is 4.62. The van der Waals surface area contributed by atoms with Gasteiger partial charge >= 0.3 is 0 Å². The number of para-hydroxylation sites is 1. The highest BCUT2D eigenvalue weighted by molar-refractivity contribution is 9.10. The first-order chi connectivity index (χ1) is 6.83. The fraction of sp³-hybridized carbons (Fsp3) is 0.273. The molecule has 1 aromatic heterocycles. The molecule has 0 radical (unpaired) electrons. The molecule has 0 amide bonds. The van der Waals surface area contributed by atoms with E-state index in [1.807, 2.05) is 25.4 Å². The van der Waals surface area contributed by atoms with Gasteiger partial charge in [0, 0.05) is 5.39 Å². The van der Waals surface area contributed by atoms with Crippen molar-refractivity contribution in [1.82, 2.24) is 5.32 Å². The Morgan fingerprint density at radius 2 is 2.29 bits per heavy atom. The molecule has 0 aliphatic rings. The zero-order chi connectivity index (χ0) is 9.97. The van der Waals surface area contributed by atoms with Crippen LogP contribution in [0.3, 0.4) is 0 Å². The maximum absolute atomic E-state index is 5.50. The molecular weight excluding hydrogens is 242 g/mol. The molecule has 74 valence electrons. The van der Waals surface area contributed by atoms with Crippen molar-refractivity contribution in [2.75, 3.05) is 13.6 Å². The van der Waals surface area contributed by atoms with Gasteiger partial charge in [0.25, 0.3) is 0 Å². The highest BCUT2D eigenvalue weighted by Crippen LogP contribution is 2.28. The van der Waals surface area contributed by atoms with Gasteiger partial charge in [-0.05, 0) is 47.6 Å². The number of nitrogens with one attached hydrogen (secondary N) is 1. The lowest BCUT2D eigenvalue weighted by Gasteiger charge is -1.97. The number of benzene rings is 1. The number of fused-ring (bicyclic) bond motifs is 1. The molecule has 14 heavy (non-hydrogen) atoms. The van der Waals surface area contributed by atoms with Crippen LogP contribution in [0.15, 0.2) is 33.4 Å². The molecule has 0 unspecified atom stereocenters. The van der Waals surface area contributed by atoms with Crippen LogP contribution in [0.1, 0.15) is 5.56 Å². The minimum Gasteiger partial charge on any atom is -0.463 e. The van der Waals surface area contributed by atoms with Gasteiger partial charge in [-0.2, -0.15) is 0 Å². The van der Waals surface area contributed by atoms with Gasteiger partial charge in [0.1, 0.15) is 5.58 Å². The quantitative estimate of drug-likeness (QED) is 0.910. The summed E-state index contributed by atoms with van der Waals surface area (Å²) in [6.07, 6.45) is 2.84. The topological polar surface area (TPSA) is 25.2 Å². The third kappa shape index (κ3) is 1.70. The van der Waals surface area contributed by atoms with E-state index in [1.165, 1.54) is 10.9 Å². The Morgan fingerprint density at radius 1 is 1.43 bits per heavy atom. The molecule has 2 nitrogen and oxygen atoms in total. The monoisotopic (exact) mass is 253 g/mol. The van der Waals surface area contributed by atoms with Crippen molar-refractivity contribution in [1.29, 1.82) is 0 Å². The standard InChI is InChI=1S/C11H12BrNO/c1-13-6-5-8-7-14-11-9(8)3-2-4-10(11)12/h2-4,7,13H,5-6H2,1H3. The molecular formula is C11H12BrNO. The molecule has 2 aromatic rings. The normalized spacial score (nSPS) is 11.0. The zero-order valence-electron chi connectivity index (χ0n) is 8.01. The smallest absolute Gasteiger partial charge is 0.148 e. The zero-order valence-corrected chi connectivity index (χ0v) is 9.60. The van der Waals surface area contributed by atoms with E-state index in [1.54, 1.807) is 0 Å². The predicted molar refractivity (Wildman–Crippen MR) is 61.5 cm³/mol. The number of likely N-dealkylation sites (N-methyl/N-ethyl adjacent to an activating group) is 1. The Labute approximate surface area is 91.4 Å². The third-order valence-corrected chi connectivity index (χ3v) is 2.90. The predicted octanol–water partition coefficient (Wildman–Crippen LogP) is 2.96. The summed E-state index contributed by atoms with van der Waals surface area (Å²) in [5, 5.41) is 4.34. The second kappa shape index (κ2) is 4.15. The number of halogens is 1. The van der Waals surface area contributed by atoms with E-state index in [0.717, 1.165) is 23.0 Å². The minimum absolute atomic E-state index is 0.943. The summed E-state index contributed by atoms with van der Waals surface area (Å²) in [5.41, 5.74) is 2.20. The van der Waals surface area contributed by atoms with Crippen molar-refractivity contribution >= 4 is 26.9 Å². The number of hydrogen-bond acceptors (Lipinski definition) is 2. The van der Waals surface area contributed by atoms with Gasteiger partial charge in [-0.3, -0.25) is 0 Å². The van der Waals surface area contributed by atoms with E-state index in [9.17, 15) is 0 Å². The molecule has 3 heteroatoms. The fourth-order valence-corrected chi connectivity index (χ4v) is 1.99. The van der Waals surface area contributed by atoms with Crippen LogP contribution in [0, 0.1) is 0 Å². The fourth-order valence-electron chi connectivity index (χ4n) is 1.53. The molecule has 0 aliphatic heterocycles.